The van der Waals surface area contributed by atoms with Gasteiger partial charge in [0.15, 0.2) is 0 Å². The second-order valence-corrected chi connectivity index (χ2v) is 6.07. The Morgan fingerprint density at radius 3 is 2.61 bits per heavy atom. The number of primary amides is 1. The molecule has 0 fully saturated rings. The van der Waals surface area contributed by atoms with E-state index in [0.29, 0.717) is 0 Å². The molecule has 0 saturated heterocycles. The number of carbonyl (C=O) groups excluding carboxylic acids is 1. The van der Waals surface area contributed by atoms with Gasteiger partial charge in [-0.05, 0) is 35.0 Å². The molecule has 102 valence electrons. The van der Waals surface area contributed by atoms with E-state index in [1.807, 2.05) is 17.2 Å². The summed E-state index contributed by atoms with van der Waals surface area (Å²) in [6.07, 6.45) is 0.857. The topological polar surface area (TPSA) is 72.3 Å². The summed E-state index contributed by atoms with van der Waals surface area (Å²) < 4.78 is 1.05. The number of likely N-dealkylation sites (N-methyl/N-ethyl adjacent to an activating group) is 1. The van der Waals surface area contributed by atoms with E-state index in [1.54, 1.807) is 11.3 Å². The zero-order valence-corrected chi connectivity index (χ0v) is 13.1. The van der Waals surface area contributed by atoms with Crippen LogP contribution in [0.4, 0.5) is 0 Å². The number of thiophene rings is 1. The van der Waals surface area contributed by atoms with E-state index in [-0.39, 0.29) is 24.5 Å². The zero-order valence-electron chi connectivity index (χ0n) is 10.7. The highest BCUT2D eigenvalue weighted by Crippen LogP contribution is 2.32. The third-order valence-corrected chi connectivity index (χ3v) is 4.68. The minimum atomic E-state index is -0.319. The first-order valence-corrected chi connectivity index (χ1v) is 7.68. The van der Waals surface area contributed by atoms with Crippen LogP contribution in [0.3, 0.4) is 0 Å². The largest absolute Gasteiger partial charge is 0.369 e. The Balaban J connectivity index is 2.99. The van der Waals surface area contributed by atoms with Gasteiger partial charge in [0.05, 0.1) is 12.6 Å². The van der Waals surface area contributed by atoms with Gasteiger partial charge in [0.2, 0.25) is 5.91 Å². The summed E-state index contributed by atoms with van der Waals surface area (Å²) in [4.78, 5) is 14.4. The quantitative estimate of drug-likeness (QED) is 0.802. The highest BCUT2D eigenvalue weighted by Gasteiger charge is 2.27. The van der Waals surface area contributed by atoms with Gasteiger partial charge < -0.3 is 11.5 Å². The number of nitrogens with two attached hydrogens (primary N) is 2. The van der Waals surface area contributed by atoms with Gasteiger partial charge in [0.1, 0.15) is 0 Å². The first-order valence-electron chi connectivity index (χ1n) is 6.01. The molecule has 0 aliphatic heterocycles. The van der Waals surface area contributed by atoms with Crippen LogP contribution in [-0.4, -0.2) is 29.9 Å². The molecule has 2 atom stereocenters. The molecule has 1 amide bonds. The first-order chi connectivity index (χ1) is 8.49. The SMILES string of the molecule is CCC(N)C(c1cc(Br)cs1)N(CC)CC(N)=O. The van der Waals surface area contributed by atoms with E-state index in [0.717, 1.165) is 17.4 Å². The monoisotopic (exact) mass is 333 g/mol. The molecule has 1 aromatic heterocycles. The zero-order chi connectivity index (χ0) is 13.7. The fraction of sp³-hybridized carbons (Fsp3) is 0.583. The van der Waals surface area contributed by atoms with Crippen molar-refractivity contribution < 1.29 is 4.79 Å². The van der Waals surface area contributed by atoms with Crippen LogP contribution in [0.15, 0.2) is 15.9 Å². The van der Waals surface area contributed by atoms with Gasteiger partial charge in [-0.25, -0.2) is 0 Å². The lowest BCUT2D eigenvalue weighted by molar-refractivity contribution is -0.119. The van der Waals surface area contributed by atoms with Crippen molar-refractivity contribution in [3.8, 4) is 0 Å². The second kappa shape index (κ2) is 7.23. The van der Waals surface area contributed by atoms with Crippen molar-refractivity contribution in [3.05, 3.63) is 20.8 Å². The summed E-state index contributed by atoms with van der Waals surface area (Å²) in [5.41, 5.74) is 11.5. The highest BCUT2D eigenvalue weighted by molar-refractivity contribution is 9.10. The Morgan fingerprint density at radius 1 is 1.56 bits per heavy atom. The summed E-state index contributed by atoms with van der Waals surface area (Å²) in [6.45, 7) is 5.06. The van der Waals surface area contributed by atoms with Crippen LogP contribution in [0, 0.1) is 0 Å². The molecule has 4 nitrogen and oxygen atoms in total. The van der Waals surface area contributed by atoms with Gasteiger partial charge in [-0.1, -0.05) is 13.8 Å². The molecule has 0 spiro atoms. The number of nitrogens with zero attached hydrogens (tertiary/aromatic N) is 1. The average molecular weight is 334 g/mol. The lowest BCUT2D eigenvalue weighted by atomic mass is 10.0. The minimum absolute atomic E-state index is 0.00477. The number of halogens is 1. The number of amides is 1. The van der Waals surface area contributed by atoms with Crippen LogP contribution in [-0.2, 0) is 4.79 Å². The van der Waals surface area contributed by atoms with Gasteiger partial charge in [0.25, 0.3) is 0 Å². The average Bonchev–Trinajstić information content (AvgIpc) is 2.73. The molecule has 0 radical (unpaired) electrons. The summed E-state index contributed by atoms with van der Waals surface area (Å²) in [6, 6.07) is 2.10. The first kappa shape index (κ1) is 15.6. The van der Waals surface area contributed by atoms with E-state index < -0.39 is 0 Å². The van der Waals surface area contributed by atoms with E-state index in [9.17, 15) is 4.79 Å². The molecule has 1 heterocycles. The van der Waals surface area contributed by atoms with Crippen LogP contribution in [0.2, 0.25) is 0 Å². The van der Waals surface area contributed by atoms with Crippen molar-refractivity contribution in [2.75, 3.05) is 13.1 Å². The van der Waals surface area contributed by atoms with Crippen LogP contribution >= 0.6 is 27.3 Å². The predicted octanol–water partition coefficient (Wildman–Crippen LogP) is 2.10. The Hall–Kier alpha value is -0.430. The van der Waals surface area contributed by atoms with Crippen LogP contribution < -0.4 is 11.5 Å². The lowest BCUT2D eigenvalue weighted by Crippen LogP contribution is -2.44. The molecule has 18 heavy (non-hydrogen) atoms. The number of hydrogen-bond acceptors (Lipinski definition) is 4. The van der Waals surface area contributed by atoms with Crippen molar-refractivity contribution in [2.24, 2.45) is 11.5 Å². The summed E-state index contributed by atoms with van der Waals surface area (Å²) in [5, 5.41) is 2.03. The molecule has 0 aliphatic carbocycles. The number of rotatable bonds is 7. The third kappa shape index (κ3) is 4.05. The maximum absolute atomic E-state index is 11.2. The molecule has 0 saturated carbocycles. The second-order valence-electron chi connectivity index (χ2n) is 4.21. The molecular formula is C12H20BrN3OS. The summed E-state index contributed by atoms with van der Waals surface area (Å²) in [7, 11) is 0. The summed E-state index contributed by atoms with van der Waals surface area (Å²) >= 11 is 5.10. The van der Waals surface area contributed by atoms with Gasteiger partial charge in [-0.15, -0.1) is 11.3 Å². The van der Waals surface area contributed by atoms with Crippen LogP contribution in [0.25, 0.3) is 0 Å². The highest BCUT2D eigenvalue weighted by atomic mass is 79.9. The molecule has 6 heteroatoms. The molecule has 0 aliphatic rings. The van der Waals surface area contributed by atoms with Crippen molar-refractivity contribution in [3.63, 3.8) is 0 Å². The molecular weight excluding hydrogens is 314 g/mol. The van der Waals surface area contributed by atoms with E-state index in [4.69, 9.17) is 11.5 Å². The Kier molecular flexibility index (Phi) is 6.28. The van der Waals surface area contributed by atoms with E-state index in [2.05, 4.69) is 28.9 Å². The van der Waals surface area contributed by atoms with Crippen LogP contribution in [0.5, 0.6) is 0 Å². The fourth-order valence-electron chi connectivity index (χ4n) is 1.98. The van der Waals surface area contributed by atoms with Gasteiger partial charge in [-0.2, -0.15) is 0 Å². The minimum Gasteiger partial charge on any atom is -0.369 e. The fourth-order valence-corrected chi connectivity index (χ4v) is 3.63. The Labute approximate surface area is 120 Å². The summed E-state index contributed by atoms with van der Waals surface area (Å²) in [5.74, 6) is -0.319. The van der Waals surface area contributed by atoms with Crippen molar-refractivity contribution in [1.29, 1.82) is 0 Å². The molecule has 1 aromatic rings. The normalized spacial score (nSPS) is 14.7. The maximum Gasteiger partial charge on any atom is 0.231 e. The molecule has 2 unspecified atom stereocenters. The molecule has 1 rings (SSSR count). The standard InChI is InChI=1S/C12H20BrN3OS/c1-3-9(14)12(10-5-8(13)7-18-10)16(4-2)6-11(15)17/h5,7,9,12H,3-4,6,14H2,1-2H3,(H2,15,17). The number of hydrogen-bond donors (Lipinski definition) is 2. The van der Waals surface area contributed by atoms with E-state index >= 15 is 0 Å². The molecule has 0 aromatic carbocycles. The van der Waals surface area contributed by atoms with Crippen LogP contribution in [0.1, 0.15) is 31.2 Å². The third-order valence-electron chi connectivity index (χ3n) is 2.91. The van der Waals surface area contributed by atoms with Gasteiger partial charge >= 0.3 is 0 Å². The lowest BCUT2D eigenvalue weighted by Gasteiger charge is -2.33. The smallest absolute Gasteiger partial charge is 0.231 e. The number of carbonyl (C=O) groups is 1. The molecule has 4 N–H and O–H groups in total. The van der Waals surface area contributed by atoms with Crippen molar-refractivity contribution in [1.82, 2.24) is 4.90 Å². The van der Waals surface area contributed by atoms with E-state index in [1.165, 1.54) is 4.88 Å². The van der Waals surface area contributed by atoms with Gasteiger partial charge in [-0.3, -0.25) is 9.69 Å². The predicted molar refractivity (Wildman–Crippen MR) is 79.5 cm³/mol. The van der Waals surface area contributed by atoms with Crippen molar-refractivity contribution in [2.45, 2.75) is 32.4 Å². The Bertz CT molecular complexity index is 396. The van der Waals surface area contributed by atoms with Gasteiger partial charge in [0, 0.05) is 20.8 Å². The molecule has 0 bridgehead atoms. The van der Waals surface area contributed by atoms with Crippen molar-refractivity contribution >= 4 is 33.2 Å². The Morgan fingerprint density at radius 2 is 2.22 bits per heavy atom. The maximum atomic E-state index is 11.2.